The molecule has 0 heterocycles. The van der Waals surface area contributed by atoms with Crippen LogP contribution in [0.5, 0.6) is 0 Å². The van der Waals surface area contributed by atoms with Crippen molar-refractivity contribution < 1.29 is 9.22 Å². The van der Waals surface area contributed by atoms with E-state index in [2.05, 4.69) is 13.2 Å². The third kappa shape index (κ3) is 3.95. The zero-order valence-corrected chi connectivity index (χ0v) is 9.71. The first-order valence-corrected chi connectivity index (χ1v) is 6.55. The van der Waals surface area contributed by atoms with Crippen LogP contribution in [0.1, 0.15) is 5.56 Å². The summed E-state index contributed by atoms with van der Waals surface area (Å²) < 4.78 is 5.22. The quantitative estimate of drug-likeness (QED) is 0.706. The molecule has 3 heteroatoms. The summed E-state index contributed by atoms with van der Waals surface area (Å²) in [5.74, 6) is -0.210. The van der Waals surface area contributed by atoms with E-state index in [9.17, 15) is 4.79 Å². The molecule has 0 aliphatic heterocycles. The average molecular weight is 218 g/mol. The Kier molecular flexibility index (Phi) is 4.57. The molecule has 1 aromatic rings. The fourth-order valence-corrected chi connectivity index (χ4v) is 1.92. The van der Waals surface area contributed by atoms with Crippen molar-refractivity contribution in [2.24, 2.45) is 0 Å². The number of benzene rings is 1. The maximum absolute atomic E-state index is 11.5. The van der Waals surface area contributed by atoms with Crippen LogP contribution in [0.25, 0.3) is 0 Å². The Bertz CT molecular complexity index is 338. The molecule has 0 saturated carbocycles. The van der Waals surface area contributed by atoms with Gasteiger partial charge < -0.3 is 4.43 Å². The minimum Gasteiger partial charge on any atom is -0.514 e. The van der Waals surface area contributed by atoms with Gasteiger partial charge in [0, 0.05) is 0 Å². The molecular weight excluding hydrogens is 204 g/mol. The van der Waals surface area contributed by atoms with Crippen molar-refractivity contribution >= 4 is 15.0 Å². The highest BCUT2D eigenvalue weighted by molar-refractivity contribution is 6.64. The highest BCUT2D eigenvalue weighted by Crippen LogP contribution is 2.02. The Labute approximate surface area is 91.6 Å². The van der Waals surface area contributed by atoms with Crippen LogP contribution in [0.2, 0.25) is 0 Å². The van der Waals surface area contributed by atoms with Gasteiger partial charge in [0.15, 0.2) is 0 Å². The predicted molar refractivity (Wildman–Crippen MR) is 63.8 cm³/mol. The fraction of sp³-hybridized carbons (Fsp3) is 0.0833. The molecular formula is C12H14O2Si. The fourth-order valence-electron chi connectivity index (χ4n) is 1.15. The van der Waals surface area contributed by atoms with Crippen LogP contribution < -0.4 is 0 Å². The van der Waals surface area contributed by atoms with Crippen LogP contribution in [0.15, 0.2) is 54.9 Å². The molecule has 0 N–H and O–H groups in total. The number of rotatable bonds is 5. The normalized spacial score (nSPS) is 9.67. The lowest BCUT2D eigenvalue weighted by Crippen LogP contribution is -2.19. The summed E-state index contributed by atoms with van der Waals surface area (Å²) in [6.07, 6.45) is 0.312. The van der Waals surface area contributed by atoms with Crippen molar-refractivity contribution in [1.82, 2.24) is 0 Å². The molecule has 0 radical (unpaired) electrons. The first-order chi connectivity index (χ1) is 7.26. The van der Waals surface area contributed by atoms with E-state index in [-0.39, 0.29) is 5.97 Å². The van der Waals surface area contributed by atoms with Crippen LogP contribution in [0, 0.1) is 0 Å². The molecule has 15 heavy (non-hydrogen) atoms. The molecule has 0 bridgehead atoms. The van der Waals surface area contributed by atoms with Gasteiger partial charge >= 0.3 is 0 Å². The van der Waals surface area contributed by atoms with E-state index in [0.29, 0.717) is 6.42 Å². The monoisotopic (exact) mass is 218 g/mol. The topological polar surface area (TPSA) is 26.3 Å². The van der Waals surface area contributed by atoms with Gasteiger partial charge in [-0.15, -0.1) is 13.2 Å². The van der Waals surface area contributed by atoms with Gasteiger partial charge in [0.2, 0.25) is 0 Å². The Balaban J connectivity index is 2.49. The summed E-state index contributed by atoms with van der Waals surface area (Å²) in [5.41, 5.74) is 4.31. The number of hydrogen-bond donors (Lipinski definition) is 0. The Morgan fingerprint density at radius 1 is 1.27 bits per heavy atom. The standard InChI is InChI=1S/C12H14O2Si/c1-3-15(4-2)14-12(13)10-11-8-6-5-7-9-11/h3-9,15H,1-2,10H2. The summed E-state index contributed by atoms with van der Waals surface area (Å²) in [6.45, 7) is 7.21. The molecule has 0 unspecified atom stereocenters. The molecule has 2 nitrogen and oxygen atoms in total. The highest BCUT2D eigenvalue weighted by atomic mass is 28.3. The van der Waals surface area contributed by atoms with Gasteiger partial charge in [-0.2, -0.15) is 0 Å². The lowest BCUT2D eigenvalue weighted by atomic mass is 10.2. The number of carbonyl (C=O) groups is 1. The summed E-state index contributed by atoms with van der Waals surface area (Å²) in [6, 6.07) is 9.52. The van der Waals surface area contributed by atoms with Gasteiger partial charge in [0.05, 0.1) is 6.42 Å². The first-order valence-electron chi connectivity index (χ1n) is 4.74. The van der Waals surface area contributed by atoms with Gasteiger partial charge in [0.1, 0.15) is 0 Å². The summed E-state index contributed by atoms with van der Waals surface area (Å²) in [5, 5.41) is 0. The van der Waals surface area contributed by atoms with Crippen LogP contribution >= 0.6 is 0 Å². The lowest BCUT2D eigenvalue weighted by molar-refractivity contribution is -0.133. The van der Waals surface area contributed by atoms with Crippen molar-refractivity contribution in [2.75, 3.05) is 0 Å². The van der Waals surface area contributed by atoms with Gasteiger partial charge in [-0.05, 0) is 5.56 Å². The molecule has 0 fully saturated rings. The smallest absolute Gasteiger partial charge is 0.297 e. The molecule has 0 aliphatic carbocycles. The zero-order chi connectivity index (χ0) is 11.1. The SMILES string of the molecule is C=C[SiH](C=C)OC(=O)Cc1ccccc1. The Morgan fingerprint density at radius 2 is 1.87 bits per heavy atom. The van der Waals surface area contributed by atoms with Crippen molar-refractivity contribution in [1.29, 1.82) is 0 Å². The van der Waals surface area contributed by atoms with Crippen LogP contribution in [0.3, 0.4) is 0 Å². The molecule has 0 amide bonds. The second kappa shape index (κ2) is 5.98. The molecule has 0 aliphatic rings. The third-order valence-electron chi connectivity index (χ3n) is 1.92. The molecule has 0 atom stereocenters. The highest BCUT2D eigenvalue weighted by Gasteiger charge is 2.09. The van der Waals surface area contributed by atoms with E-state index in [1.807, 2.05) is 30.3 Å². The van der Waals surface area contributed by atoms with Gasteiger partial charge in [-0.1, -0.05) is 41.7 Å². The molecule has 0 saturated heterocycles. The van der Waals surface area contributed by atoms with Crippen molar-refractivity contribution in [3.05, 3.63) is 60.5 Å². The van der Waals surface area contributed by atoms with E-state index in [4.69, 9.17) is 4.43 Å². The van der Waals surface area contributed by atoms with Crippen molar-refractivity contribution in [3.8, 4) is 0 Å². The Morgan fingerprint density at radius 3 is 2.40 bits per heavy atom. The van der Waals surface area contributed by atoms with Gasteiger partial charge in [-0.3, -0.25) is 4.79 Å². The largest absolute Gasteiger partial charge is 0.514 e. The molecule has 1 aromatic carbocycles. The minimum atomic E-state index is -1.71. The van der Waals surface area contributed by atoms with E-state index in [0.717, 1.165) is 5.56 Å². The third-order valence-corrected chi connectivity index (χ3v) is 3.39. The maximum Gasteiger partial charge on any atom is 0.297 e. The Hall–Kier alpha value is -1.61. The predicted octanol–water partition coefficient (Wildman–Crippen LogP) is 1.95. The molecule has 78 valence electrons. The van der Waals surface area contributed by atoms with Crippen LogP contribution in [0.4, 0.5) is 0 Å². The number of carbonyl (C=O) groups excluding carboxylic acids is 1. The molecule has 0 spiro atoms. The summed E-state index contributed by atoms with van der Waals surface area (Å²) in [4.78, 5) is 11.5. The number of hydrogen-bond acceptors (Lipinski definition) is 2. The van der Waals surface area contributed by atoms with Gasteiger partial charge in [0.25, 0.3) is 15.0 Å². The lowest BCUT2D eigenvalue weighted by Gasteiger charge is -2.08. The minimum absolute atomic E-state index is 0.210. The average Bonchev–Trinajstić information content (AvgIpc) is 2.27. The zero-order valence-electron chi connectivity index (χ0n) is 8.56. The van der Waals surface area contributed by atoms with E-state index in [1.165, 1.54) is 0 Å². The maximum atomic E-state index is 11.5. The van der Waals surface area contributed by atoms with Crippen molar-refractivity contribution in [3.63, 3.8) is 0 Å². The van der Waals surface area contributed by atoms with E-state index < -0.39 is 9.04 Å². The van der Waals surface area contributed by atoms with Crippen molar-refractivity contribution in [2.45, 2.75) is 6.42 Å². The molecule has 1 rings (SSSR count). The molecule has 0 aromatic heterocycles. The van der Waals surface area contributed by atoms with E-state index >= 15 is 0 Å². The summed E-state index contributed by atoms with van der Waals surface area (Å²) in [7, 11) is -1.71. The van der Waals surface area contributed by atoms with Gasteiger partial charge in [-0.25, -0.2) is 0 Å². The summed E-state index contributed by atoms with van der Waals surface area (Å²) >= 11 is 0. The van der Waals surface area contributed by atoms with Crippen LogP contribution in [-0.4, -0.2) is 15.0 Å². The first kappa shape index (κ1) is 11.5. The van der Waals surface area contributed by atoms with E-state index in [1.54, 1.807) is 11.4 Å². The second-order valence-corrected chi connectivity index (χ2v) is 5.20. The van der Waals surface area contributed by atoms with Crippen LogP contribution in [-0.2, 0) is 15.6 Å². The second-order valence-electron chi connectivity index (χ2n) is 3.09.